The number of nitriles is 1. The van der Waals surface area contributed by atoms with E-state index in [1.54, 1.807) is 12.1 Å². The summed E-state index contributed by atoms with van der Waals surface area (Å²) in [6, 6.07) is 15.0. The van der Waals surface area contributed by atoms with E-state index in [0.717, 1.165) is 12.8 Å². The van der Waals surface area contributed by atoms with E-state index in [2.05, 4.69) is 18.8 Å². The summed E-state index contributed by atoms with van der Waals surface area (Å²) in [7, 11) is 0. The van der Waals surface area contributed by atoms with Crippen LogP contribution in [0, 0.1) is 23.2 Å². The van der Waals surface area contributed by atoms with Crippen molar-refractivity contribution in [3.8, 4) is 17.9 Å². The summed E-state index contributed by atoms with van der Waals surface area (Å²) in [4.78, 5) is 0. The number of nitrogens with zero attached hydrogens (tertiary/aromatic N) is 1. The van der Waals surface area contributed by atoms with Gasteiger partial charge >= 0.3 is 0 Å². The molecular formula is C20H15F2N. The molecule has 0 aliphatic rings. The Morgan fingerprint density at radius 1 is 0.957 bits per heavy atom. The van der Waals surface area contributed by atoms with Crippen LogP contribution in [-0.2, 0) is 6.42 Å². The van der Waals surface area contributed by atoms with Crippen molar-refractivity contribution in [2.45, 2.75) is 19.8 Å². The largest absolute Gasteiger partial charge is 0.209 e. The number of hydrogen-bond donors (Lipinski definition) is 0. The van der Waals surface area contributed by atoms with E-state index in [4.69, 9.17) is 5.26 Å². The van der Waals surface area contributed by atoms with Crippen molar-refractivity contribution in [1.29, 1.82) is 5.26 Å². The van der Waals surface area contributed by atoms with Gasteiger partial charge in [0, 0.05) is 11.1 Å². The molecule has 2 aromatic carbocycles. The molecule has 114 valence electrons. The molecule has 3 heteroatoms. The molecule has 2 rings (SSSR count). The maximum Gasteiger partial charge on any atom is 0.209 e. The molecule has 0 saturated heterocycles. The number of aryl methyl sites for hydroxylation is 1. The highest BCUT2D eigenvalue weighted by Crippen LogP contribution is 2.21. The zero-order valence-electron chi connectivity index (χ0n) is 12.7. The van der Waals surface area contributed by atoms with Gasteiger partial charge in [0.1, 0.15) is 0 Å². The second kappa shape index (κ2) is 7.92. The fourth-order valence-corrected chi connectivity index (χ4v) is 2.04. The number of rotatable bonds is 3. The van der Waals surface area contributed by atoms with E-state index < -0.39 is 11.7 Å². The van der Waals surface area contributed by atoms with Gasteiger partial charge in [-0.1, -0.05) is 43.5 Å². The zero-order valence-corrected chi connectivity index (χ0v) is 12.7. The summed E-state index contributed by atoms with van der Waals surface area (Å²) < 4.78 is 27.8. The van der Waals surface area contributed by atoms with Crippen LogP contribution in [0.1, 0.15) is 35.6 Å². The Balaban J connectivity index is 2.19. The summed E-state index contributed by atoms with van der Waals surface area (Å²) in [5.41, 5.74) is 2.28. The van der Waals surface area contributed by atoms with Gasteiger partial charge in [-0.3, -0.25) is 0 Å². The fourth-order valence-electron chi connectivity index (χ4n) is 2.04. The minimum absolute atomic E-state index is 0.0640. The molecule has 2 aromatic rings. The van der Waals surface area contributed by atoms with Crippen molar-refractivity contribution in [2.24, 2.45) is 0 Å². The molecule has 0 radical (unpaired) electrons. The molecule has 0 saturated carbocycles. The lowest BCUT2D eigenvalue weighted by molar-refractivity contribution is 0.635. The molecule has 0 spiro atoms. The van der Waals surface area contributed by atoms with Gasteiger partial charge in [0.15, 0.2) is 5.83 Å². The normalized spacial score (nSPS) is 11.0. The predicted octanol–water partition coefficient (Wildman–Crippen LogP) is 5.17. The lowest BCUT2D eigenvalue weighted by atomic mass is 10.1. The summed E-state index contributed by atoms with van der Waals surface area (Å²) in [5.74, 6) is 2.67. The number of benzene rings is 2. The monoisotopic (exact) mass is 307 g/mol. The van der Waals surface area contributed by atoms with Crippen LogP contribution in [0.25, 0.3) is 5.83 Å². The van der Waals surface area contributed by atoms with Crippen molar-refractivity contribution in [3.63, 3.8) is 0 Å². The quantitative estimate of drug-likeness (QED) is 0.718. The van der Waals surface area contributed by atoms with E-state index in [9.17, 15) is 8.78 Å². The molecule has 0 unspecified atom stereocenters. The summed E-state index contributed by atoms with van der Waals surface area (Å²) in [6.45, 7) is 2.10. The number of hydrogen-bond acceptors (Lipinski definition) is 1. The first-order chi connectivity index (χ1) is 11.1. The van der Waals surface area contributed by atoms with Crippen LogP contribution in [0.15, 0.2) is 54.4 Å². The highest BCUT2D eigenvalue weighted by Gasteiger charge is 2.07. The predicted molar refractivity (Wildman–Crippen MR) is 87.6 cm³/mol. The standard InChI is InChI=1S/C20H15F2N/c1-2-3-15-4-6-16(7-5-15)10-13-19(21)20(22)18-11-8-17(14-23)9-12-18/h4-9,11-12H,2-3H2,1H3/b20-19+. The smallest absolute Gasteiger partial charge is 0.202 e. The molecule has 0 aromatic heterocycles. The van der Waals surface area contributed by atoms with Crippen molar-refractivity contribution >= 4 is 5.83 Å². The molecule has 23 heavy (non-hydrogen) atoms. The zero-order chi connectivity index (χ0) is 16.7. The molecule has 0 aliphatic heterocycles. The van der Waals surface area contributed by atoms with E-state index in [1.807, 2.05) is 18.2 Å². The van der Waals surface area contributed by atoms with E-state index >= 15 is 0 Å². The highest BCUT2D eigenvalue weighted by molar-refractivity contribution is 5.65. The van der Waals surface area contributed by atoms with Crippen LogP contribution >= 0.6 is 0 Å². The second-order valence-electron chi connectivity index (χ2n) is 5.01. The number of allylic oxidation sites excluding steroid dienone is 1. The van der Waals surface area contributed by atoms with Crippen LogP contribution in [0.2, 0.25) is 0 Å². The molecule has 1 nitrogen and oxygen atoms in total. The molecular weight excluding hydrogens is 292 g/mol. The van der Waals surface area contributed by atoms with Gasteiger partial charge in [-0.25, -0.2) is 4.39 Å². The minimum Gasteiger partial charge on any atom is -0.202 e. The fraction of sp³-hybridized carbons (Fsp3) is 0.150. The average Bonchev–Trinajstić information content (AvgIpc) is 2.60. The van der Waals surface area contributed by atoms with E-state index in [1.165, 1.54) is 29.8 Å². The summed E-state index contributed by atoms with van der Waals surface area (Å²) >= 11 is 0. The topological polar surface area (TPSA) is 23.8 Å². The van der Waals surface area contributed by atoms with Gasteiger partial charge in [0.25, 0.3) is 0 Å². The maximum atomic E-state index is 14.0. The van der Waals surface area contributed by atoms with Crippen molar-refractivity contribution in [3.05, 3.63) is 76.6 Å². The van der Waals surface area contributed by atoms with Crippen LogP contribution in [0.3, 0.4) is 0 Å². The average molecular weight is 307 g/mol. The van der Waals surface area contributed by atoms with E-state index in [-0.39, 0.29) is 5.56 Å². The van der Waals surface area contributed by atoms with Crippen molar-refractivity contribution in [2.75, 3.05) is 0 Å². The first-order valence-corrected chi connectivity index (χ1v) is 7.30. The molecule has 0 fully saturated rings. The first kappa shape index (κ1) is 16.5. The van der Waals surface area contributed by atoms with Gasteiger partial charge in [-0.15, -0.1) is 0 Å². The molecule has 0 atom stereocenters. The third-order valence-electron chi connectivity index (χ3n) is 3.27. The SMILES string of the molecule is CCCc1ccc(C#C/C(F)=C(\F)c2ccc(C#N)cc2)cc1. The third kappa shape index (κ3) is 4.53. The van der Waals surface area contributed by atoms with Gasteiger partial charge in [0.05, 0.1) is 11.6 Å². The molecule has 0 heterocycles. The second-order valence-corrected chi connectivity index (χ2v) is 5.01. The lowest BCUT2D eigenvalue weighted by Crippen LogP contribution is -1.84. The summed E-state index contributed by atoms with van der Waals surface area (Å²) in [5, 5.41) is 8.69. The Kier molecular flexibility index (Phi) is 5.67. The van der Waals surface area contributed by atoms with Crippen molar-refractivity contribution < 1.29 is 8.78 Å². The minimum atomic E-state index is -1.12. The van der Waals surface area contributed by atoms with Gasteiger partial charge in [-0.2, -0.15) is 9.65 Å². The lowest BCUT2D eigenvalue weighted by Gasteiger charge is -1.98. The van der Waals surface area contributed by atoms with Crippen LogP contribution < -0.4 is 0 Å². The Labute approximate surface area is 134 Å². The third-order valence-corrected chi connectivity index (χ3v) is 3.27. The molecule has 0 aliphatic carbocycles. The maximum absolute atomic E-state index is 14.0. The molecule has 0 N–H and O–H groups in total. The highest BCUT2D eigenvalue weighted by atomic mass is 19.2. The summed E-state index contributed by atoms with van der Waals surface area (Å²) in [6.07, 6.45) is 2.04. The van der Waals surface area contributed by atoms with Gasteiger partial charge in [-0.05, 0) is 42.2 Å². The van der Waals surface area contributed by atoms with Gasteiger partial charge < -0.3 is 0 Å². The number of halogens is 2. The Hall–Kier alpha value is -2.91. The van der Waals surface area contributed by atoms with Crippen LogP contribution in [0.5, 0.6) is 0 Å². The molecule has 0 bridgehead atoms. The first-order valence-electron chi connectivity index (χ1n) is 7.30. The molecule has 0 amide bonds. The van der Waals surface area contributed by atoms with Crippen LogP contribution in [-0.4, -0.2) is 0 Å². The van der Waals surface area contributed by atoms with Crippen LogP contribution in [0.4, 0.5) is 8.78 Å². The Morgan fingerprint density at radius 3 is 2.13 bits per heavy atom. The van der Waals surface area contributed by atoms with Gasteiger partial charge in [0.2, 0.25) is 5.83 Å². The Morgan fingerprint density at radius 2 is 1.57 bits per heavy atom. The van der Waals surface area contributed by atoms with Crippen molar-refractivity contribution in [1.82, 2.24) is 0 Å². The van der Waals surface area contributed by atoms with E-state index in [0.29, 0.717) is 11.1 Å². The Bertz CT molecular complexity index is 798.